The molecule has 24 heavy (non-hydrogen) atoms. The fraction of sp³-hybridized carbons (Fsp3) is 0.263. The fourth-order valence-electron chi connectivity index (χ4n) is 3.50. The van der Waals surface area contributed by atoms with E-state index >= 15 is 0 Å². The van der Waals surface area contributed by atoms with Gasteiger partial charge in [0.1, 0.15) is 22.6 Å². The smallest absolute Gasteiger partial charge is 0.192 e. The Morgan fingerprint density at radius 2 is 1.96 bits per heavy atom. The lowest BCUT2D eigenvalue weighted by molar-refractivity contribution is 0.315. The summed E-state index contributed by atoms with van der Waals surface area (Å²) in [4.78, 5) is 9.34. The van der Waals surface area contributed by atoms with Crippen LogP contribution >= 0.6 is 0 Å². The third-order valence-corrected chi connectivity index (χ3v) is 4.49. The van der Waals surface area contributed by atoms with Crippen molar-refractivity contribution < 1.29 is 9.15 Å². The molecule has 0 spiro atoms. The summed E-state index contributed by atoms with van der Waals surface area (Å²) in [5, 5.41) is 0. The van der Waals surface area contributed by atoms with E-state index in [2.05, 4.69) is 40.7 Å². The molecule has 0 aliphatic carbocycles. The van der Waals surface area contributed by atoms with Gasteiger partial charge in [-0.1, -0.05) is 0 Å². The Labute approximate surface area is 138 Å². The van der Waals surface area contributed by atoms with Gasteiger partial charge in [-0.05, 0) is 49.2 Å². The molecule has 1 aliphatic heterocycles. The van der Waals surface area contributed by atoms with Gasteiger partial charge in [-0.15, -0.1) is 0 Å². The molecule has 5 heteroatoms. The van der Waals surface area contributed by atoms with Crippen molar-refractivity contribution in [3.8, 4) is 17.1 Å². The van der Waals surface area contributed by atoms with Crippen LogP contribution in [0.3, 0.4) is 0 Å². The number of aryl methyl sites for hydroxylation is 3. The van der Waals surface area contributed by atoms with Crippen LogP contribution in [0.15, 0.2) is 34.7 Å². The van der Waals surface area contributed by atoms with Crippen LogP contribution in [0.2, 0.25) is 0 Å². The summed E-state index contributed by atoms with van der Waals surface area (Å²) in [5.74, 6) is 2.57. The van der Waals surface area contributed by atoms with E-state index in [1.54, 1.807) is 0 Å². The molecule has 0 N–H and O–H groups in total. The van der Waals surface area contributed by atoms with E-state index in [1.165, 1.54) is 0 Å². The Balaban J connectivity index is 1.79. The first-order valence-corrected chi connectivity index (χ1v) is 8.20. The van der Waals surface area contributed by atoms with Crippen molar-refractivity contribution in [3.63, 3.8) is 0 Å². The van der Waals surface area contributed by atoms with Gasteiger partial charge < -0.3 is 13.7 Å². The SMILES string of the molecule is Cc1cc2c3c(c1)nc(-c1ccc4oc(C)nc4c1)n3CCCO2. The Bertz CT molecular complexity index is 1090. The van der Waals surface area contributed by atoms with E-state index in [0.29, 0.717) is 5.89 Å². The van der Waals surface area contributed by atoms with Crippen molar-refractivity contribution >= 4 is 22.1 Å². The molecular weight excluding hydrogens is 302 g/mol. The van der Waals surface area contributed by atoms with Crippen LogP contribution in [0.1, 0.15) is 17.9 Å². The van der Waals surface area contributed by atoms with Crippen molar-refractivity contribution in [2.75, 3.05) is 6.61 Å². The molecule has 0 radical (unpaired) electrons. The molecule has 0 bridgehead atoms. The van der Waals surface area contributed by atoms with Gasteiger partial charge in [0.25, 0.3) is 0 Å². The standard InChI is InChI=1S/C19H17N3O2/c1-11-8-15-18-17(9-11)23-7-3-6-22(18)19(21-15)13-4-5-16-14(10-13)20-12(2)24-16/h4-5,8-10H,3,6-7H2,1-2H3. The molecule has 0 unspecified atom stereocenters. The largest absolute Gasteiger partial charge is 0.491 e. The number of nitrogens with zero attached hydrogens (tertiary/aromatic N) is 3. The van der Waals surface area contributed by atoms with Crippen molar-refractivity contribution in [3.05, 3.63) is 41.8 Å². The monoisotopic (exact) mass is 319 g/mol. The zero-order chi connectivity index (χ0) is 16.3. The van der Waals surface area contributed by atoms with Crippen LogP contribution < -0.4 is 4.74 Å². The van der Waals surface area contributed by atoms with Gasteiger partial charge in [0.05, 0.1) is 12.1 Å². The summed E-state index contributed by atoms with van der Waals surface area (Å²) < 4.78 is 13.8. The Morgan fingerprint density at radius 1 is 1.04 bits per heavy atom. The average molecular weight is 319 g/mol. The Kier molecular flexibility index (Phi) is 2.74. The number of oxazole rings is 1. The molecular formula is C19H17N3O2. The molecule has 0 atom stereocenters. The molecule has 5 nitrogen and oxygen atoms in total. The highest BCUT2D eigenvalue weighted by molar-refractivity contribution is 5.88. The van der Waals surface area contributed by atoms with Crippen LogP contribution in [-0.4, -0.2) is 21.1 Å². The van der Waals surface area contributed by atoms with Gasteiger partial charge in [-0.2, -0.15) is 0 Å². The number of fused-ring (bicyclic) bond motifs is 1. The van der Waals surface area contributed by atoms with Gasteiger partial charge in [0.15, 0.2) is 11.5 Å². The van der Waals surface area contributed by atoms with E-state index in [9.17, 15) is 0 Å². The molecule has 0 saturated carbocycles. The van der Waals surface area contributed by atoms with Crippen LogP contribution in [0.4, 0.5) is 0 Å². The second-order valence-electron chi connectivity index (χ2n) is 6.34. The fourth-order valence-corrected chi connectivity index (χ4v) is 3.50. The van der Waals surface area contributed by atoms with Gasteiger partial charge >= 0.3 is 0 Å². The number of benzene rings is 2. The van der Waals surface area contributed by atoms with Crippen LogP contribution in [0.5, 0.6) is 5.75 Å². The molecule has 3 heterocycles. The predicted octanol–water partition coefficient (Wildman–Crippen LogP) is 4.24. The summed E-state index contributed by atoms with van der Waals surface area (Å²) in [6.45, 7) is 5.58. The molecule has 0 saturated heterocycles. The first-order chi connectivity index (χ1) is 11.7. The van der Waals surface area contributed by atoms with Crippen molar-refractivity contribution in [2.24, 2.45) is 0 Å². The Hall–Kier alpha value is -2.82. The first-order valence-electron chi connectivity index (χ1n) is 8.20. The highest BCUT2D eigenvalue weighted by Gasteiger charge is 2.20. The maximum absolute atomic E-state index is 5.94. The molecule has 1 aliphatic rings. The van der Waals surface area contributed by atoms with Crippen molar-refractivity contribution in [2.45, 2.75) is 26.8 Å². The molecule has 0 fully saturated rings. The summed E-state index contributed by atoms with van der Waals surface area (Å²) >= 11 is 0. The number of hydrogen-bond acceptors (Lipinski definition) is 4. The lowest BCUT2D eigenvalue weighted by atomic mass is 10.2. The topological polar surface area (TPSA) is 53.1 Å². The first kappa shape index (κ1) is 13.6. The number of aromatic nitrogens is 3. The zero-order valence-electron chi connectivity index (χ0n) is 13.7. The second-order valence-corrected chi connectivity index (χ2v) is 6.34. The predicted molar refractivity (Wildman–Crippen MR) is 92.3 cm³/mol. The van der Waals surface area contributed by atoms with E-state index in [4.69, 9.17) is 14.1 Å². The summed E-state index contributed by atoms with van der Waals surface area (Å²) in [6.07, 6.45) is 0.970. The lowest BCUT2D eigenvalue weighted by Crippen LogP contribution is -2.01. The highest BCUT2D eigenvalue weighted by atomic mass is 16.5. The van der Waals surface area contributed by atoms with Crippen LogP contribution in [0, 0.1) is 13.8 Å². The molecule has 2 aromatic heterocycles. The third kappa shape index (κ3) is 1.94. The maximum atomic E-state index is 5.94. The van der Waals surface area contributed by atoms with Gasteiger partial charge in [-0.3, -0.25) is 0 Å². The summed E-state index contributed by atoms with van der Waals surface area (Å²) in [6, 6.07) is 10.3. The molecule has 4 aromatic rings. The summed E-state index contributed by atoms with van der Waals surface area (Å²) in [7, 11) is 0. The quantitative estimate of drug-likeness (QED) is 0.526. The number of rotatable bonds is 1. The Morgan fingerprint density at radius 3 is 2.88 bits per heavy atom. The normalized spacial score (nSPS) is 14.1. The van der Waals surface area contributed by atoms with E-state index < -0.39 is 0 Å². The minimum absolute atomic E-state index is 0.680. The average Bonchev–Trinajstić information content (AvgIpc) is 3.02. The molecule has 5 rings (SSSR count). The van der Waals surface area contributed by atoms with Crippen LogP contribution in [-0.2, 0) is 6.54 Å². The van der Waals surface area contributed by atoms with Gasteiger partial charge in [0.2, 0.25) is 0 Å². The van der Waals surface area contributed by atoms with Gasteiger partial charge in [0, 0.05) is 19.0 Å². The van der Waals surface area contributed by atoms with Gasteiger partial charge in [-0.25, -0.2) is 9.97 Å². The number of ether oxygens (including phenoxy) is 1. The lowest BCUT2D eigenvalue weighted by Gasteiger charge is -2.07. The zero-order valence-corrected chi connectivity index (χ0v) is 13.7. The molecule has 2 aromatic carbocycles. The summed E-state index contributed by atoms with van der Waals surface area (Å²) in [5.41, 5.74) is 5.97. The minimum atomic E-state index is 0.680. The molecule has 120 valence electrons. The van der Waals surface area contributed by atoms with Crippen LogP contribution in [0.25, 0.3) is 33.5 Å². The maximum Gasteiger partial charge on any atom is 0.192 e. The third-order valence-electron chi connectivity index (χ3n) is 4.49. The second kappa shape index (κ2) is 4.84. The minimum Gasteiger partial charge on any atom is -0.491 e. The van der Waals surface area contributed by atoms with E-state index in [0.717, 1.165) is 64.4 Å². The molecule has 0 amide bonds. The van der Waals surface area contributed by atoms with E-state index in [-0.39, 0.29) is 0 Å². The number of imidazole rings is 1. The van der Waals surface area contributed by atoms with Crippen molar-refractivity contribution in [1.82, 2.24) is 14.5 Å². The number of hydrogen-bond donors (Lipinski definition) is 0. The highest BCUT2D eigenvalue weighted by Crippen LogP contribution is 2.35. The van der Waals surface area contributed by atoms with E-state index in [1.807, 2.05) is 13.0 Å². The van der Waals surface area contributed by atoms with Crippen molar-refractivity contribution in [1.29, 1.82) is 0 Å².